The normalized spacial score (nSPS) is 33.6. The fourth-order valence-corrected chi connectivity index (χ4v) is 4.38. The molecule has 0 aliphatic carbocycles. The molecule has 2 aliphatic heterocycles. The van der Waals surface area contributed by atoms with Crippen molar-refractivity contribution < 1.29 is 19.3 Å². The number of rotatable bonds is 3. The quantitative estimate of drug-likeness (QED) is 0.849. The lowest BCUT2D eigenvalue weighted by Gasteiger charge is -2.25. The zero-order chi connectivity index (χ0) is 15.5. The van der Waals surface area contributed by atoms with Crippen LogP contribution in [0.3, 0.4) is 0 Å². The van der Waals surface area contributed by atoms with Crippen LogP contribution in [0.1, 0.15) is 20.1 Å². The molecule has 2 aliphatic rings. The second-order valence-corrected chi connectivity index (χ2v) is 7.35. The van der Waals surface area contributed by atoms with Gasteiger partial charge in [0, 0.05) is 0 Å². The summed E-state index contributed by atoms with van der Waals surface area (Å²) in [4.78, 5) is 5.45. The van der Waals surface area contributed by atoms with Crippen LogP contribution in [0.25, 0.3) is 10.3 Å². The average Bonchev–Trinajstić information content (AvgIpc) is 3.16. The molecule has 0 amide bonds. The van der Waals surface area contributed by atoms with E-state index in [0.29, 0.717) is 0 Å². The highest BCUT2D eigenvalue weighted by Crippen LogP contribution is 2.45. The third-order valence-corrected chi connectivity index (χ3v) is 5.28. The van der Waals surface area contributed by atoms with Gasteiger partial charge in [-0.3, -0.25) is 4.57 Å². The highest BCUT2D eigenvalue weighted by molar-refractivity contribution is 7.98. The van der Waals surface area contributed by atoms with Crippen molar-refractivity contribution >= 4 is 33.6 Å². The Morgan fingerprint density at radius 2 is 2.18 bits per heavy atom. The molecule has 1 N–H and O–H groups in total. The molecule has 2 aromatic heterocycles. The van der Waals surface area contributed by atoms with E-state index >= 15 is 0 Å². The minimum Gasteiger partial charge on any atom is -0.394 e. The summed E-state index contributed by atoms with van der Waals surface area (Å²) in [6, 6.07) is 0. The summed E-state index contributed by atoms with van der Waals surface area (Å²) in [5.74, 6) is -0.684. The monoisotopic (exact) mass is 343 g/mol. The first-order valence-electron chi connectivity index (χ1n) is 7.02. The van der Waals surface area contributed by atoms with Crippen LogP contribution in [0.4, 0.5) is 0 Å². The minimum atomic E-state index is -0.684. The molecule has 4 rings (SSSR count). The summed E-state index contributed by atoms with van der Waals surface area (Å²) in [6.07, 6.45) is 2.41. The first kappa shape index (κ1) is 14.9. The molecule has 2 fully saturated rings. The molecule has 2 aromatic rings. The van der Waals surface area contributed by atoms with E-state index in [9.17, 15) is 5.11 Å². The summed E-state index contributed by atoms with van der Waals surface area (Å²) in [7, 11) is 0. The Morgan fingerprint density at radius 3 is 2.91 bits per heavy atom. The maximum Gasteiger partial charge on any atom is 0.172 e. The summed E-state index contributed by atoms with van der Waals surface area (Å²) in [6.45, 7) is 3.65. The van der Waals surface area contributed by atoms with Crippen LogP contribution in [-0.2, 0) is 14.2 Å². The highest BCUT2D eigenvalue weighted by Gasteiger charge is 2.56. The van der Waals surface area contributed by atoms with Crippen molar-refractivity contribution in [1.29, 1.82) is 0 Å². The third-order valence-electron chi connectivity index (χ3n) is 3.94. The molecular weight excluding hydrogens is 326 g/mol. The number of hydrogen-bond donors (Lipinski definition) is 1. The number of aromatic nitrogens is 3. The topological polar surface area (TPSA) is 78.6 Å². The third kappa shape index (κ3) is 2.11. The number of fused-ring (bicyclic) bond motifs is 2. The maximum atomic E-state index is 9.60. The molecule has 0 unspecified atom stereocenters. The molecule has 7 nitrogen and oxygen atoms in total. The lowest BCUT2D eigenvalue weighted by atomic mass is 10.1. The second kappa shape index (κ2) is 5.15. The first-order chi connectivity index (χ1) is 10.5. The van der Waals surface area contributed by atoms with Gasteiger partial charge in [0.15, 0.2) is 22.0 Å². The van der Waals surface area contributed by atoms with Gasteiger partial charge in [0.05, 0.1) is 12.8 Å². The van der Waals surface area contributed by atoms with E-state index in [1.165, 1.54) is 11.5 Å². The van der Waals surface area contributed by atoms with Crippen molar-refractivity contribution in [2.75, 3.05) is 12.9 Å². The molecule has 120 valence electrons. The number of thioether (sulfide) groups is 1. The predicted octanol–water partition coefficient (Wildman–Crippen LogP) is 1.62. The molecule has 4 heterocycles. The Kier molecular flexibility index (Phi) is 3.48. The molecule has 4 atom stereocenters. The van der Waals surface area contributed by atoms with Gasteiger partial charge in [0.2, 0.25) is 0 Å². The Balaban J connectivity index is 1.79. The molecule has 22 heavy (non-hydrogen) atoms. The number of aliphatic hydroxyl groups excluding tert-OH is 1. The smallest absolute Gasteiger partial charge is 0.172 e. The molecular formula is C13H17N3O4S2. The van der Waals surface area contributed by atoms with Crippen LogP contribution < -0.4 is 0 Å². The van der Waals surface area contributed by atoms with Gasteiger partial charge in [-0.15, -0.1) is 0 Å². The fourth-order valence-electron chi connectivity index (χ4n) is 3.12. The molecule has 0 aromatic carbocycles. The standard InChI is InChI=1S/C13H17N3O4S2/c1-13(2)19-8-7(5-17)18-11(9(8)20-13)16-6-4-14-22-10(6)15-12(16)21-3/h4,7-9,11,17H,5H2,1-3H3/t7-,8-,9-,11-/m1/s1. The van der Waals surface area contributed by atoms with Crippen molar-refractivity contribution in [3.8, 4) is 0 Å². The van der Waals surface area contributed by atoms with Crippen molar-refractivity contribution in [2.24, 2.45) is 0 Å². The Morgan fingerprint density at radius 1 is 1.41 bits per heavy atom. The average molecular weight is 343 g/mol. The van der Waals surface area contributed by atoms with Gasteiger partial charge in [0.25, 0.3) is 0 Å². The number of ether oxygens (including phenoxy) is 3. The van der Waals surface area contributed by atoms with Crippen LogP contribution >= 0.6 is 23.3 Å². The number of imidazole rings is 1. The lowest BCUT2D eigenvalue weighted by molar-refractivity contribution is -0.200. The first-order valence-corrected chi connectivity index (χ1v) is 9.02. The minimum absolute atomic E-state index is 0.106. The zero-order valence-corrected chi connectivity index (χ0v) is 14.1. The molecule has 9 heteroatoms. The van der Waals surface area contributed by atoms with Crippen molar-refractivity contribution in [2.45, 2.75) is 49.3 Å². The fraction of sp³-hybridized carbons (Fsp3) is 0.692. The highest BCUT2D eigenvalue weighted by atomic mass is 32.2. The Labute approximate surface area is 135 Å². The van der Waals surface area contributed by atoms with Crippen LogP contribution in [0.2, 0.25) is 0 Å². The Hall–Kier alpha value is -0.710. The van der Waals surface area contributed by atoms with E-state index in [-0.39, 0.29) is 25.0 Å². The lowest BCUT2D eigenvalue weighted by Crippen LogP contribution is -2.31. The van der Waals surface area contributed by atoms with E-state index in [0.717, 1.165) is 15.5 Å². The van der Waals surface area contributed by atoms with Gasteiger partial charge < -0.3 is 19.3 Å². The van der Waals surface area contributed by atoms with Crippen molar-refractivity contribution in [3.63, 3.8) is 0 Å². The summed E-state index contributed by atoms with van der Waals surface area (Å²) >= 11 is 2.90. The van der Waals surface area contributed by atoms with E-state index in [4.69, 9.17) is 14.2 Å². The van der Waals surface area contributed by atoms with Gasteiger partial charge in [-0.05, 0) is 31.6 Å². The molecule has 0 saturated carbocycles. The summed E-state index contributed by atoms with van der Waals surface area (Å²) in [5, 5.41) is 10.4. The Bertz CT molecular complexity index is 701. The second-order valence-electron chi connectivity index (χ2n) is 5.80. The summed E-state index contributed by atoms with van der Waals surface area (Å²) < 4.78 is 24.2. The van der Waals surface area contributed by atoms with E-state index in [2.05, 4.69) is 9.36 Å². The van der Waals surface area contributed by atoms with Gasteiger partial charge in [-0.25, -0.2) is 4.98 Å². The molecule has 0 bridgehead atoms. The number of nitrogens with zero attached hydrogens (tertiary/aromatic N) is 3. The zero-order valence-electron chi connectivity index (χ0n) is 12.4. The largest absolute Gasteiger partial charge is 0.394 e. The van der Waals surface area contributed by atoms with Crippen LogP contribution in [0.15, 0.2) is 11.4 Å². The maximum absolute atomic E-state index is 9.60. The van der Waals surface area contributed by atoms with Gasteiger partial charge >= 0.3 is 0 Å². The predicted molar refractivity (Wildman–Crippen MR) is 82.0 cm³/mol. The van der Waals surface area contributed by atoms with Crippen LogP contribution in [0.5, 0.6) is 0 Å². The van der Waals surface area contributed by atoms with E-state index in [1.54, 1.807) is 18.0 Å². The van der Waals surface area contributed by atoms with Crippen LogP contribution in [-0.4, -0.2) is 56.0 Å². The van der Waals surface area contributed by atoms with Gasteiger partial charge in [-0.2, -0.15) is 4.37 Å². The van der Waals surface area contributed by atoms with Crippen molar-refractivity contribution in [3.05, 3.63) is 6.20 Å². The van der Waals surface area contributed by atoms with Crippen molar-refractivity contribution in [1.82, 2.24) is 13.9 Å². The molecule has 0 spiro atoms. The number of aliphatic hydroxyl groups is 1. The van der Waals surface area contributed by atoms with E-state index in [1.807, 2.05) is 24.7 Å². The SMILES string of the molecule is CSc1nc2sncc2n1[C@@H]1O[C@H](CO)[C@H]2OC(C)(C)O[C@H]21. The van der Waals surface area contributed by atoms with Gasteiger partial charge in [-0.1, -0.05) is 11.8 Å². The van der Waals surface area contributed by atoms with Gasteiger partial charge in [0.1, 0.15) is 23.8 Å². The number of hydrogen-bond acceptors (Lipinski definition) is 8. The van der Waals surface area contributed by atoms with E-state index < -0.39 is 11.9 Å². The molecule has 2 saturated heterocycles. The molecule has 0 radical (unpaired) electrons. The summed E-state index contributed by atoms with van der Waals surface area (Å²) in [5.41, 5.74) is 0.921. The van der Waals surface area contributed by atoms with Crippen LogP contribution in [0, 0.1) is 0 Å².